The third-order valence-corrected chi connectivity index (χ3v) is 2.77. The fraction of sp³-hybridized carbons (Fsp3) is 0.176. The van der Waals surface area contributed by atoms with Gasteiger partial charge in [-0.3, -0.25) is 4.98 Å². The van der Waals surface area contributed by atoms with Crippen molar-refractivity contribution in [2.75, 3.05) is 5.32 Å². The molecule has 2 aromatic rings. The van der Waals surface area contributed by atoms with E-state index in [1.165, 1.54) is 0 Å². The number of aromatic nitrogens is 2. The molecule has 1 aromatic heterocycles. The third-order valence-electron chi connectivity index (χ3n) is 2.77. The summed E-state index contributed by atoms with van der Waals surface area (Å²) < 4.78 is 0. The lowest BCUT2D eigenvalue weighted by Gasteiger charge is -2.08. The topological polar surface area (TPSA) is 37.8 Å². The second-order valence-corrected chi connectivity index (χ2v) is 4.49. The molecule has 0 atom stereocenters. The molecule has 102 valence electrons. The highest BCUT2D eigenvalue weighted by molar-refractivity contribution is 5.79. The summed E-state index contributed by atoms with van der Waals surface area (Å²) in [7, 11) is 0. The first kappa shape index (κ1) is 14.0. The third kappa shape index (κ3) is 3.54. The minimum absolute atomic E-state index is 0.904. The standard InChI is InChI=1S/C17H19N3/c1-4-6-8-14(7-5-2)20-15-9-10-16-17(11-15)19-13(3)12-18-16/h4-12,20H,1-3H3/b6-4-,7-5+,14-8+. The molecular weight excluding hydrogens is 246 g/mol. The summed E-state index contributed by atoms with van der Waals surface area (Å²) in [4.78, 5) is 8.85. The summed E-state index contributed by atoms with van der Waals surface area (Å²) in [5, 5.41) is 3.38. The molecule has 1 aromatic carbocycles. The number of anilines is 1. The monoisotopic (exact) mass is 265 g/mol. The summed E-state index contributed by atoms with van der Waals surface area (Å²) in [6.07, 6.45) is 11.9. The van der Waals surface area contributed by atoms with Crippen LogP contribution in [0.4, 0.5) is 5.69 Å². The lowest BCUT2D eigenvalue weighted by molar-refractivity contribution is 1.18. The highest BCUT2D eigenvalue weighted by Gasteiger charge is 2.00. The van der Waals surface area contributed by atoms with Crippen LogP contribution < -0.4 is 5.32 Å². The van der Waals surface area contributed by atoms with Crippen LogP contribution in [0.2, 0.25) is 0 Å². The number of aryl methyl sites for hydroxylation is 1. The van der Waals surface area contributed by atoms with E-state index in [0.717, 1.165) is 28.1 Å². The van der Waals surface area contributed by atoms with Gasteiger partial charge in [-0.15, -0.1) is 0 Å². The molecule has 0 bridgehead atoms. The minimum atomic E-state index is 0.904. The smallest absolute Gasteiger partial charge is 0.0910 e. The molecule has 0 saturated heterocycles. The van der Waals surface area contributed by atoms with Gasteiger partial charge in [0.25, 0.3) is 0 Å². The Morgan fingerprint density at radius 2 is 2.00 bits per heavy atom. The van der Waals surface area contributed by atoms with E-state index >= 15 is 0 Å². The van der Waals surface area contributed by atoms with Crippen LogP contribution in [0.3, 0.4) is 0 Å². The van der Waals surface area contributed by atoms with Crippen molar-refractivity contribution in [2.24, 2.45) is 0 Å². The number of nitrogens with zero attached hydrogens (tertiary/aromatic N) is 2. The van der Waals surface area contributed by atoms with Gasteiger partial charge in [0.1, 0.15) is 0 Å². The average Bonchev–Trinajstić information content (AvgIpc) is 2.44. The first-order valence-electron chi connectivity index (χ1n) is 6.69. The first-order valence-corrected chi connectivity index (χ1v) is 6.69. The largest absolute Gasteiger partial charge is 0.355 e. The van der Waals surface area contributed by atoms with E-state index in [1.807, 2.05) is 69.4 Å². The van der Waals surface area contributed by atoms with E-state index in [4.69, 9.17) is 0 Å². The Hall–Kier alpha value is -2.42. The van der Waals surface area contributed by atoms with Crippen molar-refractivity contribution < 1.29 is 0 Å². The molecule has 1 N–H and O–H groups in total. The van der Waals surface area contributed by atoms with Gasteiger partial charge in [-0.25, -0.2) is 4.98 Å². The predicted molar refractivity (Wildman–Crippen MR) is 85.6 cm³/mol. The molecule has 0 aliphatic heterocycles. The molecule has 3 nitrogen and oxygen atoms in total. The number of fused-ring (bicyclic) bond motifs is 1. The molecular formula is C17H19N3. The van der Waals surface area contributed by atoms with Gasteiger partial charge in [0.15, 0.2) is 0 Å². The van der Waals surface area contributed by atoms with Crippen LogP contribution in [0.15, 0.2) is 60.5 Å². The average molecular weight is 265 g/mol. The quantitative estimate of drug-likeness (QED) is 0.833. The Labute approximate surface area is 119 Å². The Morgan fingerprint density at radius 1 is 1.15 bits per heavy atom. The number of hydrogen-bond acceptors (Lipinski definition) is 3. The minimum Gasteiger partial charge on any atom is -0.355 e. The summed E-state index contributed by atoms with van der Waals surface area (Å²) in [6, 6.07) is 6.01. The van der Waals surface area contributed by atoms with Crippen LogP contribution in [0.5, 0.6) is 0 Å². The molecule has 0 aliphatic rings. The van der Waals surface area contributed by atoms with E-state index in [-0.39, 0.29) is 0 Å². The van der Waals surface area contributed by atoms with E-state index in [0.29, 0.717) is 0 Å². The zero-order chi connectivity index (χ0) is 14.4. The number of hydrogen-bond donors (Lipinski definition) is 1. The van der Waals surface area contributed by atoms with Crippen LogP contribution in [0.1, 0.15) is 19.5 Å². The second-order valence-electron chi connectivity index (χ2n) is 4.49. The van der Waals surface area contributed by atoms with Crippen LogP contribution in [-0.2, 0) is 0 Å². The molecule has 0 aliphatic carbocycles. The van der Waals surface area contributed by atoms with E-state index in [1.54, 1.807) is 6.20 Å². The Kier molecular flexibility index (Phi) is 4.66. The second kappa shape index (κ2) is 6.66. The van der Waals surface area contributed by atoms with Gasteiger partial charge in [0.05, 0.1) is 16.7 Å². The van der Waals surface area contributed by atoms with Crippen molar-refractivity contribution in [3.63, 3.8) is 0 Å². The van der Waals surface area contributed by atoms with Crippen molar-refractivity contribution >= 4 is 16.7 Å². The highest BCUT2D eigenvalue weighted by Crippen LogP contribution is 2.17. The fourth-order valence-electron chi connectivity index (χ4n) is 1.87. The maximum Gasteiger partial charge on any atom is 0.0910 e. The number of benzene rings is 1. The summed E-state index contributed by atoms with van der Waals surface area (Å²) in [6.45, 7) is 5.95. The first-order chi connectivity index (χ1) is 9.72. The fourth-order valence-corrected chi connectivity index (χ4v) is 1.87. The van der Waals surface area contributed by atoms with Crippen LogP contribution in [-0.4, -0.2) is 9.97 Å². The van der Waals surface area contributed by atoms with Crippen LogP contribution >= 0.6 is 0 Å². The zero-order valence-corrected chi connectivity index (χ0v) is 12.1. The summed E-state index contributed by atoms with van der Waals surface area (Å²) in [5.74, 6) is 0. The van der Waals surface area contributed by atoms with Crippen molar-refractivity contribution in [2.45, 2.75) is 20.8 Å². The Morgan fingerprint density at radius 3 is 2.75 bits per heavy atom. The molecule has 0 radical (unpaired) electrons. The van der Waals surface area contributed by atoms with Crippen molar-refractivity contribution in [1.29, 1.82) is 0 Å². The zero-order valence-electron chi connectivity index (χ0n) is 12.1. The van der Waals surface area contributed by atoms with Gasteiger partial charge >= 0.3 is 0 Å². The maximum atomic E-state index is 4.50. The van der Waals surface area contributed by atoms with Crippen LogP contribution in [0, 0.1) is 6.92 Å². The van der Waals surface area contributed by atoms with Crippen LogP contribution in [0.25, 0.3) is 11.0 Å². The predicted octanol–water partition coefficient (Wildman–Crippen LogP) is 4.39. The number of allylic oxidation sites excluding steroid dienone is 5. The van der Waals surface area contributed by atoms with E-state index in [2.05, 4.69) is 15.3 Å². The highest BCUT2D eigenvalue weighted by atomic mass is 14.9. The lowest BCUT2D eigenvalue weighted by atomic mass is 10.2. The summed E-state index contributed by atoms with van der Waals surface area (Å²) in [5.41, 5.74) is 4.77. The molecule has 0 unspecified atom stereocenters. The Bertz CT molecular complexity index is 682. The van der Waals surface area contributed by atoms with E-state index < -0.39 is 0 Å². The maximum absolute atomic E-state index is 4.50. The molecule has 2 rings (SSSR count). The molecule has 0 saturated carbocycles. The lowest BCUT2D eigenvalue weighted by Crippen LogP contribution is -1.97. The van der Waals surface area contributed by atoms with Crippen molar-refractivity contribution in [3.8, 4) is 0 Å². The molecule has 20 heavy (non-hydrogen) atoms. The molecule has 0 fully saturated rings. The number of rotatable bonds is 4. The van der Waals surface area contributed by atoms with Gasteiger partial charge in [-0.05, 0) is 51.1 Å². The van der Waals surface area contributed by atoms with Gasteiger partial charge in [0, 0.05) is 17.6 Å². The Balaban J connectivity index is 2.32. The van der Waals surface area contributed by atoms with E-state index in [9.17, 15) is 0 Å². The SMILES string of the molecule is C\C=C/C=C(\C=C\C)Nc1ccc2ncc(C)nc2c1. The van der Waals surface area contributed by atoms with Crippen molar-refractivity contribution in [1.82, 2.24) is 9.97 Å². The molecule has 0 spiro atoms. The molecule has 1 heterocycles. The van der Waals surface area contributed by atoms with Gasteiger partial charge in [-0.1, -0.05) is 18.2 Å². The van der Waals surface area contributed by atoms with Crippen molar-refractivity contribution in [3.05, 3.63) is 66.2 Å². The van der Waals surface area contributed by atoms with Gasteiger partial charge in [0.2, 0.25) is 0 Å². The van der Waals surface area contributed by atoms with Gasteiger partial charge < -0.3 is 5.32 Å². The molecule has 0 amide bonds. The normalized spacial score (nSPS) is 12.7. The van der Waals surface area contributed by atoms with Gasteiger partial charge in [-0.2, -0.15) is 0 Å². The number of nitrogens with one attached hydrogen (secondary N) is 1. The molecule has 3 heteroatoms. The summed E-state index contributed by atoms with van der Waals surface area (Å²) >= 11 is 0.